The minimum absolute atomic E-state index is 0.0271. The molecule has 7 heteroatoms. The second kappa shape index (κ2) is 8.71. The Labute approximate surface area is 179 Å². The van der Waals surface area contributed by atoms with E-state index in [1.165, 1.54) is 6.26 Å². The molecule has 152 valence electrons. The molecule has 1 aliphatic rings. The van der Waals surface area contributed by atoms with Gasteiger partial charge in [-0.25, -0.2) is 0 Å². The first-order chi connectivity index (χ1) is 14.0. The number of furan rings is 1. The molecule has 1 aliphatic heterocycles. The number of hydrogen-bond acceptors (Lipinski definition) is 5. The lowest BCUT2D eigenvalue weighted by molar-refractivity contribution is 0.0996. The normalized spacial score (nSPS) is 16.7. The van der Waals surface area contributed by atoms with E-state index in [9.17, 15) is 4.79 Å². The van der Waals surface area contributed by atoms with Crippen LogP contribution in [0.5, 0.6) is 0 Å². The van der Waals surface area contributed by atoms with E-state index in [-0.39, 0.29) is 11.9 Å². The average Bonchev–Trinajstić information content (AvgIpc) is 3.34. The number of carbonyl (C=O) groups is 1. The molecule has 0 unspecified atom stereocenters. The summed E-state index contributed by atoms with van der Waals surface area (Å²) in [6.07, 6.45) is 1.51. The lowest BCUT2D eigenvalue weighted by Gasteiger charge is -2.38. The SMILES string of the molecule is Cc1cc([C@H](c2cccc(Cl)c2)N2CCN(C)CC2)c(NC(=O)c2ccco2)s1. The number of likely N-dealkylation sites (N-methyl/N-ethyl adjacent to an activating group) is 1. The summed E-state index contributed by atoms with van der Waals surface area (Å²) in [6.45, 7) is 5.99. The van der Waals surface area contributed by atoms with Crippen LogP contribution in [0.2, 0.25) is 5.02 Å². The van der Waals surface area contributed by atoms with Gasteiger partial charge in [-0.2, -0.15) is 0 Å². The maximum atomic E-state index is 12.6. The number of nitrogens with zero attached hydrogens (tertiary/aromatic N) is 2. The Morgan fingerprint density at radius 1 is 1.17 bits per heavy atom. The highest BCUT2D eigenvalue weighted by Crippen LogP contribution is 2.40. The second-order valence-electron chi connectivity index (χ2n) is 7.37. The first-order valence-corrected chi connectivity index (χ1v) is 10.8. The molecule has 0 bridgehead atoms. The zero-order valence-electron chi connectivity index (χ0n) is 16.5. The Bertz CT molecular complexity index is 978. The van der Waals surface area contributed by atoms with Gasteiger partial charge < -0.3 is 14.6 Å². The van der Waals surface area contributed by atoms with Gasteiger partial charge >= 0.3 is 0 Å². The highest BCUT2D eigenvalue weighted by molar-refractivity contribution is 7.16. The number of amides is 1. The molecule has 1 N–H and O–H groups in total. The number of halogens is 1. The molecule has 1 amide bonds. The number of anilines is 1. The summed E-state index contributed by atoms with van der Waals surface area (Å²) >= 11 is 7.92. The Hall–Kier alpha value is -2.12. The van der Waals surface area contributed by atoms with Crippen LogP contribution in [0.4, 0.5) is 5.00 Å². The molecule has 0 radical (unpaired) electrons. The molecular formula is C22H24ClN3O2S. The Kier molecular flexibility index (Phi) is 6.06. The summed E-state index contributed by atoms with van der Waals surface area (Å²) < 4.78 is 5.26. The topological polar surface area (TPSA) is 48.7 Å². The van der Waals surface area contributed by atoms with Crippen molar-refractivity contribution in [3.05, 3.63) is 75.5 Å². The van der Waals surface area contributed by atoms with Crippen LogP contribution in [0.15, 0.2) is 53.1 Å². The van der Waals surface area contributed by atoms with Crippen molar-refractivity contribution in [2.75, 3.05) is 38.5 Å². The molecule has 2 aromatic heterocycles. The number of benzene rings is 1. The fraction of sp³-hybridized carbons (Fsp3) is 0.318. The third-order valence-electron chi connectivity index (χ3n) is 5.22. The summed E-state index contributed by atoms with van der Waals surface area (Å²) in [6, 6.07) is 13.6. The molecule has 3 aromatic rings. The quantitative estimate of drug-likeness (QED) is 0.627. The van der Waals surface area contributed by atoms with E-state index >= 15 is 0 Å². The number of aryl methyl sites for hydroxylation is 1. The molecule has 1 atom stereocenters. The van der Waals surface area contributed by atoms with Crippen LogP contribution in [0.3, 0.4) is 0 Å². The van der Waals surface area contributed by atoms with E-state index in [1.54, 1.807) is 23.5 Å². The fourth-order valence-corrected chi connectivity index (χ4v) is 4.89. The predicted molar refractivity (Wildman–Crippen MR) is 118 cm³/mol. The number of nitrogens with one attached hydrogen (secondary N) is 1. The average molecular weight is 430 g/mol. The molecule has 4 rings (SSSR count). The van der Waals surface area contributed by atoms with Crippen molar-refractivity contribution in [3.63, 3.8) is 0 Å². The van der Waals surface area contributed by atoms with E-state index in [2.05, 4.69) is 41.2 Å². The van der Waals surface area contributed by atoms with Crippen LogP contribution in [0.25, 0.3) is 0 Å². The maximum absolute atomic E-state index is 12.6. The third-order valence-corrected chi connectivity index (χ3v) is 6.43. The molecule has 0 spiro atoms. The first-order valence-electron chi connectivity index (χ1n) is 9.64. The van der Waals surface area contributed by atoms with Crippen molar-refractivity contribution in [2.24, 2.45) is 0 Å². The predicted octanol–water partition coefficient (Wildman–Crippen LogP) is 4.89. The molecule has 1 fully saturated rings. The van der Waals surface area contributed by atoms with Gasteiger partial charge in [0.25, 0.3) is 5.91 Å². The van der Waals surface area contributed by atoms with Crippen molar-refractivity contribution in [1.82, 2.24) is 9.80 Å². The highest BCUT2D eigenvalue weighted by atomic mass is 35.5. The van der Waals surface area contributed by atoms with Gasteiger partial charge in [-0.3, -0.25) is 9.69 Å². The van der Waals surface area contributed by atoms with Crippen molar-refractivity contribution in [1.29, 1.82) is 0 Å². The minimum Gasteiger partial charge on any atom is -0.459 e. The molecule has 29 heavy (non-hydrogen) atoms. The van der Waals surface area contributed by atoms with Gasteiger partial charge in [-0.1, -0.05) is 23.7 Å². The Morgan fingerprint density at radius 3 is 2.66 bits per heavy atom. The number of piperazine rings is 1. The fourth-order valence-electron chi connectivity index (χ4n) is 3.75. The van der Waals surface area contributed by atoms with Gasteiger partial charge in [0.1, 0.15) is 5.00 Å². The van der Waals surface area contributed by atoms with Crippen LogP contribution in [-0.2, 0) is 0 Å². The maximum Gasteiger partial charge on any atom is 0.291 e. The van der Waals surface area contributed by atoms with E-state index in [0.29, 0.717) is 5.76 Å². The van der Waals surface area contributed by atoms with Crippen LogP contribution in [0.1, 0.15) is 32.6 Å². The number of hydrogen-bond donors (Lipinski definition) is 1. The molecule has 0 saturated carbocycles. The van der Waals surface area contributed by atoms with E-state index < -0.39 is 0 Å². The summed E-state index contributed by atoms with van der Waals surface area (Å²) in [4.78, 5) is 18.6. The second-order valence-corrected chi connectivity index (χ2v) is 9.06. The van der Waals surface area contributed by atoms with Crippen LogP contribution in [-0.4, -0.2) is 48.9 Å². The van der Waals surface area contributed by atoms with E-state index in [0.717, 1.165) is 52.2 Å². The molecule has 0 aliphatic carbocycles. The van der Waals surface area contributed by atoms with Crippen LogP contribution < -0.4 is 5.32 Å². The van der Waals surface area contributed by atoms with Crippen LogP contribution in [0, 0.1) is 6.92 Å². The lowest BCUT2D eigenvalue weighted by atomic mass is 9.97. The van der Waals surface area contributed by atoms with Gasteiger partial charge in [-0.15, -0.1) is 11.3 Å². The minimum atomic E-state index is -0.235. The Balaban J connectivity index is 1.71. The zero-order valence-corrected chi connectivity index (χ0v) is 18.1. The van der Waals surface area contributed by atoms with Crippen molar-refractivity contribution in [3.8, 4) is 0 Å². The van der Waals surface area contributed by atoms with Gasteiger partial charge in [0.2, 0.25) is 0 Å². The molecule has 1 aromatic carbocycles. The molecular weight excluding hydrogens is 406 g/mol. The highest BCUT2D eigenvalue weighted by Gasteiger charge is 2.29. The lowest BCUT2D eigenvalue weighted by Crippen LogP contribution is -2.46. The van der Waals surface area contributed by atoms with Gasteiger partial charge in [0.15, 0.2) is 5.76 Å². The number of carbonyl (C=O) groups excluding carboxylic acids is 1. The summed E-state index contributed by atoms with van der Waals surface area (Å²) in [5.41, 5.74) is 2.23. The largest absolute Gasteiger partial charge is 0.459 e. The zero-order chi connectivity index (χ0) is 20.4. The van der Waals surface area contributed by atoms with E-state index in [1.807, 2.05) is 18.2 Å². The summed E-state index contributed by atoms with van der Waals surface area (Å²) in [7, 11) is 2.15. The van der Waals surface area contributed by atoms with Crippen molar-refractivity contribution in [2.45, 2.75) is 13.0 Å². The smallest absolute Gasteiger partial charge is 0.291 e. The van der Waals surface area contributed by atoms with Crippen LogP contribution >= 0.6 is 22.9 Å². The molecule has 3 heterocycles. The standard InChI is InChI=1S/C22H24ClN3O2S/c1-15-13-18(22(29-15)24-21(27)19-7-4-12-28-19)20(16-5-3-6-17(23)14-16)26-10-8-25(2)9-11-26/h3-7,12-14,20H,8-11H2,1-2H3,(H,24,27)/t20-/m0/s1. The number of rotatable bonds is 5. The number of thiophene rings is 1. The van der Waals surface area contributed by atoms with Gasteiger partial charge in [0.05, 0.1) is 12.3 Å². The third kappa shape index (κ3) is 4.56. The first kappa shape index (κ1) is 20.2. The van der Waals surface area contributed by atoms with Gasteiger partial charge in [-0.05, 0) is 49.9 Å². The van der Waals surface area contributed by atoms with Crippen molar-refractivity contribution >= 4 is 33.8 Å². The summed E-state index contributed by atoms with van der Waals surface area (Å²) in [5.74, 6) is 0.0715. The Morgan fingerprint density at radius 2 is 1.97 bits per heavy atom. The summed E-state index contributed by atoms with van der Waals surface area (Å²) in [5, 5.41) is 4.63. The van der Waals surface area contributed by atoms with E-state index in [4.69, 9.17) is 16.0 Å². The molecule has 5 nitrogen and oxygen atoms in total. The monoisotopic (exact) mass is 429 g/mol. The van der Waals surface area contributed by atoms with Crippen molar-refractivity contribution < 1.29 is 9.21 Å². The molecule has 1 saturated heterocycles. The van der Waals surface area contributed by atoms with Gasteiger partial charge in [0, 0.05) is 41.6 Å².